The van der Waals surface area contributed by atoms with Crippen LogP contribution in [0.3, 0.4) is 0 Å². The van der Waals surface area contributed by atoms with Gasteiger partial charge in [0.1, 0.15) is 5.76 Å². The fourth-order valence-corrected chi connectivity index (χ4v) is 1.09. The molecule has 0 atom stereocenters. The summed E-state index contributed by atoms with van der Waals surface area (Å²) in [5.74, 6) is -0.00398. The number of carboxylic acid groups (broad SMARTS) is 1. The van der Waals surface area contributed by atoms with Gasteiger partial charge in [0.05, 0.1) is 6.26 Å². The van der Waals surface area contributed by atoms with E-state index in [1.165, 1.54) is 6.08 Å². The Morgan fingerprint density at radius 2 is 2.31 bits per heavy atom. The lowest BCUT2D eigenvalue weighted by Crippen LogP contribution is -1.88. The molecule has 0 spiro atoms. The molecule has 3 heteroatoms. The summed E-state index contributed by atoms with van der Waals surface area (Å²) in [6.45, 7) is 4.06. The first kappa shape index (κ1) is 9.58. The Morgan fingerprint density at radius 3 is 2.85 bits per heavy atom. The molecule has 3 nitrogen and oxygen atoms in total. The van der Waals surface area contributed by atoms with E-state index in [1.54, 1.807) is 6.26 Å². The van der Waals surface area contributed by atoms with Crippen molar-refractivity contribution in [2.24, 2.45) is 0 Å². The minimum atomic E-state index is -0.967. The third-order valence-corrected chi connectivity index (χ3v) is 1.73. The van der Waals surface area contributed by atoms with Crippen molar-refractivity contribution in [3.63, 3.8) is 0 Å². The fraction of sp³-hybridized carbons (Fsp3) is 0.300. The summed E-state index contributed by atoms with van der Waals surface area (Å²) >= 11 is 0. The maximum Gasteiger partial charge on any atom is 0.328 e. The second-order valence-corrected chi connectivity index (χ2v) is 3.07. The predicted octanol–water partition coefficient (Wildman–Crippen LogP) is 2.50. The molecule has 0 aliphatic heterocycles. The van der Waals surface area contributed by atoms with Gasteiger partial charge in [-0.3, -0.25) is 0 Å². The zero-order valence-electron chi connectivity index (χ0n) is 7.65. The fourth-order valence-electron chi connectivity index (χ4n) is 1.09. The smallest absolute Gasteiger partial charge is 0.328 e. The van der Waals surface area contributed by atoms with Crippen LogP contribution < -0.4 is 0 Å². The van der Waals surface area contributed by atoms with Crippen molar-refractivity contribution in [3.05, 3.63) is 29.7 Å². The molecule has 0 fully saturated rings. The highest BCUT2D eigenvalue weighted by Crippen LogP contribution is 2.21. The lowest BCUT2D eigenvalue weighted by molar-refractivity contribution is -0.131. The average molecular weight is 180 g/mol. The molecule has 1 aromatic rings. The Morgan fingerprint density at radius 1 is 1.62 bits per heavy atom. The second-order valence-electron chi connectivity index (χ2n) is 3.07. The molecule has 0 aliphatic carbocycles. The van der Waals surface area contributed by atoms with Crippen molar-refractivity contribution in [2.75, 3.05) is 0 Å². The number of hydrogen-bond donors (Lipinski definition) is 1. The van der Waals surface area contributed by atoms with Crippen molar-refractivity contribution in [1.29, 1.82) is 0 Å². The molecule has 1 rings (SSSR count). The largest absolute Gasteiger partial charge is 0.478 e. The molecule has 0 amide bonds. The zero-order chi connectivity index (χ0) is 9.84. The Kier molecular flexibility index (Phi) is 2.90. The predicted molar refractivity (Wildman–Crippen MR) is 49.5 cm³/mol. The molecule has 0 aliphatic rings. The number of hydrogen-bond acceptors (Lipinski definition) is 2. The molecule has 1 N–H and O–H groups in total. The Labute approximate surface area is 76.7 Å². The lowest BCUT2D eigenvalue weighted by atomic mass is 10.0. The highest BCUT2D eigenvalue weighted by Gasteiger charge is 2.06. The van der Waals surface area contributed by atoms with Crippen LogP contribution in [0.1, 0.15) is 31.1 Å². The summed E-state index contributed by atoms with van der Waals surface area (Å²) in [4.78, 5) is 10.2. The Balaban J connectivity index is 2.88. The Bertz CT molecular complexity index is 321. The summed E-state index contributed by atoms with van der Waals surface area (Å²) in [7, 11) is 0. The van der Waals surface area contributed by atoms with E-state index in [0.29, 0.717) is 11.7 Å². The first-order chi connectivity index (χ1) is 6.11. The molecule has 0 unspecified atom stereocenters. The van der Waals surface area contributed by atoms with Gasteiger partial charge in [0.2, 0.25) is 0 Å². The van der Waals surface area contributed by atoms with Crippen molar-refractivity contribution in [2.45, 2.75) is 19.8 Å². The van der Waals surface area contributed by atoms with Crippen molar-refractivity contribution in [1.82, 2.24) is 0 Å². The van der Waals surface area contributed by atoms with Gasteiger partial charge < -0.3 is 9.52 Å². The van der Waals surface area contributed by atoms with Crippen LogP contribution in [0.5, 0.6) is 0 Å². The normalized spacial score (nSPS) is 11.3. The minimum absolute atomic E-state index is 0.340. The molecule has 70 valence electrons. The summed E-state index contributed by atoms with van der Waals surface area (Å²) in [6.07, 6.45) is 4.11. The van der Waals surface area contributed by atoms with Gasteiger partial charge in [-0.15, -0.1) is 0 Å². The highest BCUT2D eigenvalue weighted by molar-refractivity contribution is 5.85. The molecule has 1 aromatic heterocycles. The van der Waals surface area contributed by atoms with Crippen LogP contribution in [0.4, 0.5) is 0 Å². The molecular formula is C10H12O3. The van der Waals surface area contributed by atoms with E-state index in [9.17, 15) is 4.79 Å². The van der Waals surface area contributed by atoms with Crippen LogP contribution in [0, 0.1) is 0 Å². The highest BCUT2D eigenvalue weighted by atomic mass is 16.4. The molecule has 0 saturated heterocycles. The summed E-state index contributed by atoms with van der Waals surface area (Å²) in [5.41, 5.74) is 1.03. The molecule has 13 heavy (non-hydrogen) atoms. The van der Waals surface area contributed by atoms with E-state index in [4.69, 9.17) is 9.52 Å². The molecule has 0 bridgehead atoms. The van der Waals surface area contributed by atoms with Crippen LogP contribution in [-0.4, -0.2) is 11.1 Å². The van der Waals surface area contributed by atoms with E-state index in [0.717, 1.165) is 11.6 Å². The molecule has 0 radical (unpaired) electrons. The first-order valence-electron chi connectivity index (χ1n) is 4.09. The van der Waals surface area contributed by atoms with E-state index in [-0.39, 0.29) is 0 Å². The third kappa shape index (κ3) is 2.47. The van der Waals surface area contributed by atoms with Crippen LogP contribution in [-0.2, 0) is 4.79 Å². The van der Waals surface area contributed by atoms with Gasteiger partial charge in [0.25, 0.3) is 0 Å². The third-order valence-electron chi connectivity index (χ3n) is 1.73. The van der Waals surface area contributed by atoms with Crippen LogP contribution in [0.15, 0.2) is 22.8 Å². The van der Waals surface area contributed by atoms with Crippen LogP contribution >= 0.6 is 0 Å². The monoisotopic (exact) mass is 180 g/mol. The quantitative estimate of drug-likeness (QED) is 0.727. The van der Waals surface area contributed by atoms with Gasteiger partial charge >= 0.3 is 5.97 Å². The molecule has 1 heterocycles. The first-order valence-corrected chi connectivity index (χ1v) is 4.09. The number of carboxylic acids is 1. The SMILES string of the molecule is CC(C)c1ccoc1C=CC(=O)O. The number of aliphatic carboxylic acids is 1. The van der Waals surface area contributed by atoms with Crippen molar-refractivity contribution in [3.8, 4) is 0 Å². The van der Waals surface area contributed by atoms with Gasteiger partial charge in [-0.1, -0.05) is 13.8 Å². The van der Waals surface area contributed by atoms with Gasteiger partial charge in [0.15, 0.2) is 0 Å². The average Bonchev–Trinajstić information content (AvgIpc) is 2.47. The molecule has 0 aromatic carbocycles. The number of carbonyl (C=O) groups is 1. The molecule has 0 saturated carbocycles. The van der Waals surface area contributed by atoms with Crippen molar-refractivity contribution < 1.29 is 14.3 Å². The maximum atomic E-state index is 10.2. The van der Waals surface area contributed by atoms with Gasteiger partial charge in [-0.05, 0) is 18.1 Å². The minimum Gasteiger partial charge on any atom is -0.478 e. The maximum absolute atomic E-state index is 10.2. The summed E-state index contributed by atoms with van der Waals surface area (Å²) in [5, 5.41) is 8.41. The standard InChI is InChI=1S/C10H12O3/c1-7(2)8-5-6-13-9(8)3-4-10(11)12/h3-7H,1-2H3,(H,11,12). The second kappa shape index (κ2) is 3.94. The van der Waals surface area contributed by atoms with Crippen molar-refractivity contribution >= 4 is 12.0 Å². The lowest BCUT2D eigenvalue weighted by Gasteiger charge is -2.00. The van der Waals surface area contributed by atoms with Crippen LogP contribution in [0.2, 0.25) is 0 Å². The van der Waals surface area contributed by atoms with Gasteiger partial charge in [0, 0.05) is 11.6 Å². The van der Waals surface area contributed by atoms with Crippen LogP contribution in [0.25, 0.3) is 6.08 Å². The molecular weight excluding hydrogens is 168 g/mol. The summed E-state index contributed by atoms with van der Waals surface area (Å²) in [6, 6.07) is 1.85. The van der Waals surface area contributed by atoms with E-state index < -0.39 is 5.97 Å². The van der Waals surface area contributed by atoms with E-state index in [1.807, 2.05) is 19.9 Å². The van der Waals surface area contributed by atoms with E-state index in [2.05, 4.69) is 0 Å². The Hall–Kier alpha value is -1.51. The summed E-state index contributed by atoms with van der Waals surface area (Å²) < 4.78 is 5.13. The van der Waals surface area contributed by atoms with E-state index >= 15 is 0 Å². The van der Waals surface area contributed by atoms with Gasteiger partial charge in [-0.2, -0.15) is 0 Å². The topological polar surface area (TPSA) is 50.4 Å². The van der Waals surface area contributed by atoms with Gasteiger partial charge in [-0.25, -0.2) is 4.79 Å². The number of furan rings is 1. The number of rotatable bonds is 3. The zero-order valence-corrected chi connectivity index (χ0v) is 7.65.